The summed E-state index contributed by atoms with van der Waals surface area (Å²) in [4.78, 5) is 0. The van der Waals surface area contributed by atoms with Crippen LogP contribution in [0.25, 0.3) is 0 Å². The summed E-state index contributed by atoms with van der Waals surface area (Å²) in [5.41, 5.74) is 6.15. The van der Waals surface area contributed by atoms with E-state index in [2.05, 4.69) is 26.1 Å². The largest absolute Gasteiger partial charge is 0.382 e. The maximum absolute atomic E-state index is 5.45. The van der Waals surface area contributed by atoms with Crippen molar-refractivity contribution >= 4 is 21.8 Å². The van der Waals surface area contributed by atoms with Crippen molar-refractivity contribution in [1.82, 2.24) is 9.78 Å². The molecule has 0 aliphatic carbocycles. The van der Waals surface area contributed by atoms with Gasteiger partial charge in [0.15, 0.2) is 5.84 Å². The summed E-state index contributed by atoms with van der Waals surface area (Å²) < 4.78 is 2.40. The molecule has 1 aromatic rings. The first kappa shape index (κ1) is 8.06. The van der Waals surface area contributed by atoms with E-state index in [4.69, 9.17) is 11.6 Å². The second-order valence-electron chi connectivity index (χ2n) is 1.99. The van der Waals surface area contributed by atoms with Gasteiger partial charge in [-0.05, 0) is 15.9 Å². The van der Waals surface area contributed by atoms with E-state index < -0.39 is 0 Å². The molecule has 5 nitrogen and oxygen atoms in total. The van der Waals surface area contributed by atoms with Crippen molar-refractivity contribution in [2.24, 2.45) is 23.7 Å². The van der Waals surface area contributed by atoms with Crippen molar-refractivity contribution in [3.05, 3.63) is 16.4 Å². The first-order chi connectivity index (χ1) is 5.16. The van der Waals surface area contributed by atoms with Crippen LogP contribution in [0.1, 0.15) is 5.56 Å². The number of amidine groups is 1. The Bertz CT molecular complexity index is 289. The molecule has 0 aliphatic rings. The molecular formula is C5H8BrN5. The third-order valence-corrected chi connectivity index (χ3v) is 2.22. The topological polar surface area (TPSA) is 82.2 Å². The number of rotatable bonds is 1. The third-order valence-electron chi connectivity index (χ3n) is 1.28. The van der Waals surface area contributed by atoms with E-state index in [9.17, 15) is 0 Å². The van der Waals surface area contributed by atoms with Crippen LogP contribution >= 0.6 is 15.9 Å². The number of nitrogens with zero attached hydrogens (tertiary/aromatic N) is 3. The fourth-order valence-corrected chi connectivity index (χ4v) is 1.06. The smallest absolute Gasteiger partial charge is 0.154 e. The zero-order valence-electron chi connectivity index (χ0n) is 5.95. The van der Waals surface area contributed by atoms with Gasteiger partial charge in [-0.15, -0.1) is 0 Å². The normalized spacial score (nSPS) is 12.0. The summed E-state index contributed by atoms with van der Waals surface area (Å²) in [5, 5.41) is 7.28. The Hall–Kier alpha value is -1.04. The number of halogens is 1. The van der Waals surface area contributed by atoms with Gasteiger partial charge >= 0.3 is 0 Å². The molecule has 0 fully saturated rings. The van der Waals surface area contributed by atoms with Crippen LogP contribution in [0.2, 0.25) is 0 Å². The minimum atomic E-state index is 0.268. The highest BCUT2D eigenvalue weighted by Gasteiger charge is 2.07. The summed E-state index contributed by atoms with van der Waals surface area (Å²) in [6.45, 7) is 0. The molecule has 0 radical (unpaired) electrons. The molecule has 0 saturated carbocycles. The zero-order valence-corrected chi connectivity index (χ0v) is 7.54. The number of nitrogens with two attached hydrogens (primary N) is 2. The molecule has 0 aromatic carbocycles. The van der Waals surface area contributed by atoms with Crippen LogP contribution < -0.4 is 11.6 Å². The van der Waals surface area contributed by atoms with Gasteiger partial charge in [-0.1, -0.05) is 0 Å². The first-order valence-corrected chi connectivity index (χ1v) is 3.67. The molecule has 0 unspecified atom stereocenters. The van der Waals surface area contributed by atoms with Crippen molar-refractivity contribution < 1.29 is 0 Å². The van der Waals surface area contributed by atoms with Crippen molar-refractivity contribution in [2.45, 2.75) is 0 Å². The van der Waals surface area contributed by atoms with Gasteiger partial charge in [-0.2, -0.15) is 10.2 Å². The van der Waals surface area contributed by atoms with E-state index in [-0.39, 0.29) is 5.84 Å². The summed E-state index contributed by atoms with van der Waals surface area (Å²) in [6.07, 6.45) is 1.59. The van der Waals surface area contributed by atoms with Gasteiger partial charge in [0.25, 0.3) is 0 Å². The minimum absolute atomic E-state index is 0.268. The van der Waals surface area contributed by atoms with Gasteiger partial charge in [-0.25, -0.2) is 0 Å². The minimum Gasteiger partial charge on any atom is -0.382 e. The van der Waals surface area contributed by atoms with Crippen molar-refractivity contribution in [2.75, 3.05) is 0 Å². The van der Waals surface area contributed by atoms with Crippen LogP contribution in [0.5, 0.6) is 0 Å². The van der Waals surface area contributed by atoms with Crippen molar-refractivity contribution in [1.29, 1.82) is 0 Å². The predicted octanol–water partition coefficient (Wildman–Crippen LogP) is -0.238. The van der Waals surface area contributed by atoms with Gasteiger partial charge in [0.2, 0.25) is 0 Å². The standard InChI is InChI=1S/C5H8BrN5/c1-11-4(6)3(2-9-11)5(7)10-8/h2H,8H2,1H3,(H2,7,10). The second kappa shape index (κ2) is 2.91. The Kier molecular flexibility index (Phi) is 2.13. The second-order valence-corrected chi connectivity index (χ2v) is 2.74. The summed E-state index contributed by atoms with van der Waals surface area (Å²) in [5.74, 6) is 5.26. The molecule has 1 rings (SSSR count). The van der Waals surface area contributed by atoms with Crippen molar-refractivity contribution in [3.63, 3.8) is 0 Å². The van der Waals surface area contributed by atoms with E-state index in [1.807, 2.05) is 0 Å². The fourth-order valence-electron chi connectivity index (χ4n) is 0.664. The molecule has 4 N–H and O–H groups in total. The van der Waals surface area contributed by atoms with E-state index in [0.717, 1.165) is 4.60 Å². The summed E-state index contributed by atoms with van der Waals surface area (Å²) in [7, 11) is 1.79. The monoisotopic (exact) mass is 217 g/mol. The average molecular weight is 218 g/mol. The molecule has 60 valence electrons. The van der Waals surface area contributed by atoms with Crippen molar-refractivity contribution in [3.8, 4) is 0 Å². The lowest BCUT2D eigenvalue weighted by Crippen LogP contribution is -2.15. The SMILES string of the molecule is Cn1ncc(/C(N)=N/N)c1Br. The molecule has 0 atom stereocenters. The van der Waals surface area contributed by atoms with Gasteiger partial charge in [0.05, 0.1) is 11.8 Å². The van der Waals surface area contributed by atoms with Crippen LogP contribution in [0.4, 0.5) is 0 Å². The molecule has 11 heavy (non-hydrogen) atoms. The highest BCUT2D eigenvalue weighted by Crippen LogP contribution is 2.13. The van der Waals surface area contributed by atoms with Crippen LogP contribution in [0.15, 0.2) is 15.9 Å². The molecule has 1 aromatic heterocycles. The Morgan fingerprint density at radius 3 is 2.82 bits per heavy atom. The molecule has 0 aliphatic heterocycles. The summed E-state index contributed by atoms with van der Waals surface area (Å²) >= 11 is 3.28. The number of aryl methyl sites for hydroxylation is 1. The number of aromatic nitrogens is 2. The van der Waals surface area contributed by atoms with E-state index >= 15 is 0 Å². The molecule has 0 amide bonds. The molecule has 0 spiro atoms. The number of hydrogen-bond donors (Lipinski definition) is 2. The number of hydrazone groups is 1. The highest BCUT2D eigenvalue weighted by atomic mass is 79.9. The van der Waals surface area contributed by atoms with Crippen LogP contribution in [-0.2, 0) is 7.05 Å². The molecule has 0 bridgehead atoms. The Balaban J connectivity index is 3.15. The maximum atomic E-state index is 5.45. The maximum Gasteiger partial charge on any atom is 0.154 e. The average Bonchev–Trinajstić information content (AvgIpc) is 2.32. The summed E-state index contributed by atoms with van der Waals surface area (Å²) in [6, 6.07) is 0. The molecule has 0 saturated heterocycles. The van der Waals surface area contributed by atoms with Gasteiger partial charge in [0, 0.05) is 7.05 Å². The van der Waals surface area contributed by atoms with E-state index in [1.54, 1.807) is 17.9 Å². The zero-order chi connectivity index (χ0) is 8.43. The first-order valence-electron chi connectivity index (χ1n) is 2.88. The van der Waals surface area contributed by atoms with Gasteiger partial charge in [-0.3, -0.25) is 4.68 Å². The Morgan fingerprint density at radius 2 is 2.45 bits per heavy atom. The van der Waals surface area contributed by atoms with Gasteiger partial charge < -0.3 is 11.6 Å². The lowest BCUT2D eigenvalue weighted by molar-refractivity contribution is 0.749. The molecule has 1 heterocycles. The Labute approximate surface area is 72.2 Å². The van der Waals surface area contributed by atoms with Crippen LogP contribution in [0, 0.1) is 0 Å². The number of hydrogen-bond acceptors (Lipinski definition) is 3. The molecule has 6 heteroatoms. The van der Waals surface area contributed by atoms with E-state index in [1.165, 1.54) is 0 Å². The van der Waals surface area contributed by atoms with Gasteiger partial charge in [0.1, 0.15) is 4.60 Å². The molecular weight excluding hydrogens is 210 g/mol. The lowest BCUT2D eigenvalue weighted by Gasteiger charge is -1.95. The van der Waals surface area contributed by atoms with E-state index in [0.29, 0.717) is 5.56 Å². The van der Waals surface area contributed by atoms with Crippen LogP contribution in [-0.4, -0.2) is 15.6 Å². The fraction of sp³-hybridized carbons (Fsp3) is 0.200. The Morgan fingerprint density at radius 1 is 1.82 bits per heavy atom. The third kappa shape index (κ3) is 1.35. The lowest BCUT2D eigenvalue weighted by atomic mass is 10.3. The quantitative estimate of drug-likeness (QED) is 0.295. The highest BCUT2D eigenvalue weighted by molar-refractivity contribution is 9.10. The van der Waals surface area contributed by atoms with Crippen LogP contribution in [0.3, 0.4) is 0 Å². The predicted molar refractivity (Wildman–Crippen MR) is 45.8 cm³/mol.